The maximum absolute atomic E-state index is 11.4. The molecule has 0 saturated carbocycles. The van der Waals surface area contributed by atoms with Crippen LogP contribution in [0.5, 0.6) is 0 Å². The van der Waals surface area contributed by atoms with Gasteiger partial charge in [-0.2, -0.15) is 0 Å². The average molecular weight is 267 g/mol. The Morgan fingerprint density at radius 2 is 2.16 bits per heavy atom. The molecule has 0 aliphatic heterocycles. The first-order valence-corrected chi connectivity index (χ1v) is 5.95. The summed E-state index contributed by atoms with van der Waals surface area (Å²) in [6.45, 7) is 0.625. The summed E-state index contributed by atoms with van der Waals surface area (Å²) in [5.74, 6) is -0.366. The largest absolute Gasteiger partial charge is 0.396 e. The molecule has 7 nitrogen and oxygen atoms in total. The minimum Gasteiger partial charge on any atom is -0.396 e. The van der Waals surface area contributed by atoms with E-state index in [2.05, 4.69) is 10.6 Å². The smallest absolute Gasteiger partial charge is 0.293 e. The van der Waals surface area contributed by atoms with E-state index in [1.54, 1.807) is 0 Å². The molecule has 1 amide bonds. The number of carbonyl (C=O) groups excluding carboxylic acids is 1. The van der Waals surface area contributed by atoms with Crippen LogP contribution in [0.1, 0.15) is 23.2 Å². The van der Waals surface area contributed by atoms with Crippen molar-refractivity contribution in [3.05, 3.63) is 33.9 Å². The summed E-state index contributed by atoms with van der Waals surface area (Å²) < 4.78 is 0. The molecule has 3 N–H and O–H groups in total. The van der Waals surface area contributed by atoms with Crippen LogP contribution in [-0.2, 0) is 0 Å². The predicted octanol–water partition coefficient (Wildman–Crippen LogP) is 1.14. The minimum absolute atomic E-state index is 0.0966. The lowest BCUT2D eigenvalue weighted by molar-refractivity contribution is -0.384. The second-order valence-corrected chi connectivity index (χ2v) is 3.93. The zero-order chi connectivity index (χ0) is 14.3. The number of benzene rings is 1. The Kier molecular flexibility index (Phi) is 5.74. The van der Waals surface area contributed by atoms with Gasteiger partial charge in [-0.3, -0.25) is 14.9 Å². The number of aliphatic hydroxyl groups excluding tert-OH is 1. The number of nitrogens with one attached hydrogen (secondary N) is 2. The van der Waals surface area contributed by atoms with Gasteiger partial charge in [0.25, 0.3) is 11.6 Å². The molecule has 1 aromatic rings. The van der Waals surface area contributed by atoms with Crippen LogP contribution >= 0.6 is 0 Å². The Morgan fingerprint density at radius 3 is 2.74 bits per heavy atom. The van der Waals surface area contributed by atoms with Crippen molar-refractivity contribution in [3.8, 4) is 0 Å². The van der Waals surface area contributed by atoms with Gasteiger partial charge >= 0.3 is 0 Å². The molecule has 0 aromatic heterocycles. The number of hydrogen-bond acceptors (Lipinski definition) is 5. The fourth-order valence-corrected chi connectivity index (χ4v) is 1.58. The monoisotopic (exact) mass is 267 g/mol. The number of rotatable bonds is 7. The highest BCUT2D eigenvalue weighted by molar-refractivity contribution is 5.95. The molecule has 1 rings (SSSR count). The number of carbonyl (C=O) groups is 1. The first-order valence-electron chi connectivity index (χ1n) is 5.95. The number of nitro benzene ring substituents is 1. The molecule has 0 unspecified atom stereocenters. The van der Waals surface area contributed by atoms with E-state index >= 15 is 0 Å². The molecular formula is C12H17N3O4. The van der Waals surface area contributed by atoms with E-state index in [0.717, 1.165) is 0 Å². The van der Waals surface area contributed by atoms with Crippen molar-refractivity contribution in [1.29, 1.82) is 0 Å². The van der Waals surface area contributed by atoms with Gasteiger partial charge in [0.15, 0.2) is 0 Å². The van der Waals surface area contributed by atoms with Gasteiger partial charge in [-0.15, -0.1) is 0 Å². The van der Waals surface area contributed by atoms with E-state index in [-0.39, 0.29) is 23.8 Å². The SMILES string of the molecule is CNC(=O)c1ccc(NCCCCO)c([N+](=O)[O-])c1. The number of hydrogen-bond donors (Lipinski definition) is 3. The molecule has 0 heterocycles. The maximum Gasteiger partial charge on any atom is 0.293 e. The molecule has 0 bridgehead atoms. The zero-order valence-electron chi connectivity index (χ0n) is 10.7. The first-order chi connectivity index (χ1) is 9.10. The van der Waals surface area contributed by atoms with Crippen molar-refractivity contribution in [2.75, 3.05) is 25.5 Å². The van der Waals surface area contributed by atoms with Gasteiger partial charge in [0, 0.05) is 31.8 Å². The average Bonchev–Trinajstić information content (AvgIpc) is 2.42. The van der Waals surface area contributed by atoms with E-state index in [0.29, 0.717) is 25.1 Å². The van der Waals surface area contributed by atoms with Crippen molar-refractivity contribution in [2.24, 2.45) is 0 Å². The highest BCUT2D eigenvalue weighted by Crippen LogP contribution is 2.25. The Bertz CT molecular complexity index is 462. The third kappa shape index (κ3) is 4.22. The molecular weight excluding hydrogens is 250 g/mol. The van der Waals surface area contributed by atoms with E-state index in [4.69, 9.17) is 5.11 Å². The van der Waals surface area contributed by atoms with E-state index in [9.17, 15) is 14.9 Å². The lowest BCUT2D eigenvalue weighted by Gasteiger charge is -2.08. The standard InChI is InChI=1S/C12H17N3O4/c1-13-12(17)9-4-5-10(11(8-9)15(18)19)14-6-2-3-7-16/h4-5,8,14,16H,2-3,6-7H2,1H3,(H,13,17). The number of nitro groups is 1. The van der Waals surface area contributed by atoms with Crippen LogP contribution in [-0.4, -0.2) is 36.1 Å². The number of amides is 1. The number of anilines is 1. The molecule has 0 fully saturated rings. The molecule has 19 heavy (non-hydrogen) atoms. The Balaban J connectivity index is 2.86. The van der Waals surface area contributed by atoms with Crippen LogP contribution in [0, 0.1) is 10.1 Å². The van der Waals surface area contributed by atoms with Gasteiger partial charge in [-0.25, -0.2) is 0 Å². The lowest BCUT2D eigenvalue weighted by Crippen LogP contribution is -2.18. The van der Waals surface area contributed by atoms with Crippen LogP contribution in [0.3, 0.4) is 0 Å². The summed E-state index contributed by atoms with van der Waals surface area (Å²) >= 11 is 0. The number of nitrogens with zero attached hydrogens (tertiary/aromatic N) is 1. The Hall–Kier alpha value is -2.15. The van der Waals surface area contributed by atoms with E-state index < -0.39 is 4.92 Å². The molecule has 0 atom stereocenters. The van der Waals surface area contributed by atoms with Gasteiger partial charge in [0.05, 0.1) is 4.92 Å². The van der Waals surface area contributed by atoms with Gasteiger partial charge in [-0.05, 0) is 25.0 Å². The van der Waals surface area contributed by atoms with Crippen LogP contribution in [0.15, 0.2) is 18.2 Å². The molecule has 104 valence electrons. The summed E-state index contributed by atoms with van der Waals surface area (Å²) in [5.41, 5.74) is 0.482. The maximum atomic E-state index is 11.4. The molecule has 0 radical (unpaired) electrons. The molecule has 1 aromatic carbocycles. The summed E-state index contributed by atoms with van der Waals surface area (Å²) in [6.07, 6.45) is 1.35. The van der Waals surface area contributed by atoms with Crippen molar-refractivity contribution in [2.45, 2.75) is 12.8 Å². The zero-order valence-corrected chi connectivity index (χ0v) is 10.7. The third-order valence-corrected chi connectivity index (χ3v) is 2.58. The predicted molar refractivity (Wildman–Crippen MR) is 71.3 cm³/mol. The van der Waals surface area contributed by atoms with E-state index in [1.165, 1.54) is 25.2 Å². The van der Waals surface area contributed by atoms with Crippen LogP contribution in [0.2, 0.25) is 0 Å². The highest BCUT2D eigenvalue weighted by atomic mass is 16.6. The highest BCUT2D eigenvalue weighted by Gasteiger charge is 2.16. The number of aliphatic hydroxyl groups is 1. The lowest BCUT2D eigenvalue weighted by atomic mass is 10.1. The van der Waals surface area contributed by atoms with Crippen LogP contribution in [0.25, 0.3) is 0 Å². The molecule has 0 aliphatic rings. The Morgan fingerprint density at radius 1 is 1.42 bits per heavy atom. The summed E-state index contributed by atoms with van der Waals surface area (Å²) in [6, 6.07) is 4.29. The van der Waals surface area contributed by atoms with Crippen molar-refractivity contribution in [1.82, 2.24) is 5.32 Å². The topological polar surface area (TPSA) is 104 Å². The molecule has 0 aliphatic carbocycles. The molecule has 0 spiro atoms. The second kappa shape index (κ2) is 7.32. The molecule has 0 saturated heterocycles. The summed E-state index contributed by atoms with van der Waals surface area (Å²) in [7, 11) is 1.47. The van der Waals surface area contributed by atoms with Gasteiger partial charge in [0.1, 0.15) is 5.69 Å². The van der Waals surface area contributed by atoms with Gasteiger partial charge < -0.3 is 15.7 Å². The van der Waals surface area contributed by atoms with Gasteiger partial charge in [-0.1, -0.05) is 0 Å². The van der Waals surface area contributed by atoms with Crippen molar-refractivity contribution in [3.63, 3.8) is 0 Å². The summed E-state index contributed by atoms with van der Waals surface area (Å²) in [4.78, 5) is 21.9. The minimum atomic E-state index is -0.527. The van der Waals surface area contributed by atoms with Crippen molar-refractivity contribution < 1.29 is 14.8 Å². The second-order valence-electron chi connectivity index (χ2n) is 3.93. The van der Waals surface area contributed by atoms with Crippen LogP contribution < -0.4 is 10.6 Å². The quantitative estimate of drug-likeness (QED) is 0.390. The molecule has 7 heteroatoms. The first kappa shape index (κ1) is 14.9. The number of unbranched alkanes of at least 4 members (excludes halogenated alkanes) is 1. The Labute approximate surface area is 110 Å². The third-order valence-electron chi connectivity index (χ3n) is 2.58. The fraction of sp³-hybridized carbons (Fsp3) is 0.417. The normalized spacial score (nSPS) is 10.0. The van der Waals surface area contributed by atoms with Crippen molar-refractivity contribution >= 4 is 17.3 Å². The van der Waals surface area contributed by atoms with Gasteiger partial charge in [0.2, 0.25) is 0 Å². The fourth-order valence-electron chi connectivity index (χ4n) is 1.58. The van der Waals surface area contributed by atoms with Crippen LogP contribution in [0.4, 0.5) is 11.4 Å². The summed E-state index contributed by atoms with van der Waals surface area (Å²) in [5, 5.41) is 25.0. The van der Waals surface area contributed by atoms with E-state index in [1.807, 2.05) is 0 Å².